The summed E-state index contributed by atoms with van der Waals surface area (Å²) in [4.78, 5) is 23.2. The van der Waals surface area contributed by atoms with Crippen LogP contribution < -0.4 is 5.32 Å². The van der Waals surface area contributed by atoms with E-state index in [1.54, 1.807) is 0 Å². The molecular formula is C16H17F2NO4. The van der Waals surface area contributed by atoms with E-state index in [-0.39, 0.29) is 5.56 Å². The maximum absolute atomic E-state index is 14.2. The molecule has 2 N–H and O–H groups in total. The van der Waals surface area contributed by atoms with Crippen LogP contribution in [0.25, 0.3) is 0 Å². The topological polar surface area (TPSA) is 75.6 Å². The number of halogens is 2. The Labute approximate surface area is 131 Å². The van der Waals surface area contributed by atoms with E-state index >= 15 is 0 Å². The lowest BCUT2D eigenvalue weighted by Crippen LogP contribution is -2.50. The van der Waals surface area contributed by atoms with Crippen LogP contribution in [0.5, 0.6) is 0 Å². The van der Waals surface area contributed by atoms with Gasteiger partial charge in [0.15, 0.2) is 0 Å². The van der Waals surface area contributed by atoms with Crippen molar-refractivity contribution in [3.05, 3.63) is 35.4 Å². The quantitative estimate of drug-likeness (QED) is 0.885. The Hall–Kier alpha value is -2.02. The zero-order valence-electron chi connectivity index (χ0n) is 12.4. The highest BCUT2D eigenvalue weighted by Crippen LogP contribution is 2.41. The molecule has 0 spiro atoms. The number of ether oxygens (including phenoxy) is 1. The molecule has 1 aromatic rings. The summed E-state index contributed by atoms with van der Waals surface area (Å²) in [6.45, 7) is 0.675. The van der Waals surface area contributed by atoms with Crippen LogP contribution in [0, 0.1) is 23.5 Å². The van der Waals surface area contributed by atoms with Gasteiger partial charge >= 0.3 is 5.97 Å². The van der Waals surface area contributed by atoms with Gasteiger partial charge in [0, 0.05) is 24.8 Å². The van der Waals surface area contributed by atoms with Crippen molar-refractivity contribution < 1.29 is 28.2 Å². The summed E-state index contributed by atoms with van der Waals surface area (Å²) in [7, 11) is 0. The minimum Gasteiger partial charge on any atom is -0.481 e. The van der Waals surface area contributed by atoms with E-state index in [1.165, 1.54) is 6.07 Å². The van der Waals surface area contributed by atoms with Crippen LogP contribution in [0.4, 0.5) is 8.78 Å². The number of carboxylic acid groups (broad SMARTS) is 1. The number of nitrogens with one attached hydrogen (secondary N) is 1. The maximum atomic E-state index is 14.2. The van der Waals surface area contributed by atoms with Crippen LogP contribution in [0.2, 0.25) is 0 Å². The molecule has 7 heteroatoms. The number of amides is 1. The Bertz CT molecular complexity index is 643. The summed E-state index contributed by atoms with van der Waals surface area (Å²) in [5.74, 6) is -4.08. The maximum Gasteiger partial charge on any atom is 0.307 e. The summed E-state index contributed by atoms with van der Waals surface area (Å²) in [5, 5.41) is 11.7. The smallest absolute Gasteiger partial charge is 0.307 e. The molecule has 3 rings (SSSR count). The molecule has 0 radical (unpaired) electrons. The number of carboxylic acids is 1. The number of hydrogen-bond acceptors (Lipinski definition) is 3. The predicted octanol–water partition coefficient (Wildman–Crippen LogP) is 1.81. The molecule has 1 aliphatic heterocycles. The fraction of sp³-hybridized carbons (Fsp3) is 0.500. The van der Waals surface area contributed by atoms with Gasteiger partial charge in [0.1, 0.15) is 11.6 Å². The van der Waals surface area contributed by atoms with Crippen LogP contribution in [0.15, 0.2) is 18.2 Å². The summed E-state index contributed by atoms with van der Waals surface area (Å²) >= 11 is 0. The van der Waals surface area contributed by atoms with Crippen molar-refractivity contribution in [2.24, 2.45) is 11.8 Å². The van der Waals surface area contributed by atoms with Crippen molar-refractivity contribution in [2.45, 2.75) is 24.8 Å². The third kappa shape index (κ3) is 3.06. The fourth-order valence-electron chi connectivity index (χ4n) is 3.15. The van der Waals surface area contributed by atoms with Crippen molar-refractivity contribution >= 4 is 11.9 Å². The Morgan fingerprint density at radius 2 is 1.91 bits per heavy atom. The van der Waals surface area contributed by atoms with Gasteiger partial charge in [0.2, 0.25) is 5.91 Å². The summed E-state index contributed by atoms with van der Waals surface area (Å²) < 4.78 is 32.7. The van der Waals surface area contributed by atoms with Gasteiger partial charge in [-0.05, 0) is 25.3 Å². The SMILES string of the molecule is O=C(O)[C@H]1C[C@H]1C(=O)NC1(c2ccc(F)cc2F)CCOCC1. The van der Waals surface area contributed by atoms with Crippen LogP contribution in [0.3, 0.4) is 0 Å². The molecule has 0 unspecified atom stereocenters. The minimum absolute atomic E-state index is 0.211. The van der Waals surface area contributed by atoms with E-state index in [2.05, 4.69) is 5.32 Å². The van der Waals surface area contributed by atoms with Gasteiger partial charge < -0.3 is 15.2 Å². The number of carbonyl (C=O) groups excluding carboxylic acids is 1. The van der Waals surface area contributed by atoms with E-state index in [0.717, 1.165) is 12.1 Å². The molecule has 0 bridgehead atoms. The lowest BCUT2D eigenvalue weighted by atomic mass is 9.82. The number of benzene rings is 1. The molecular weight excluding hydrogens is 308 g/mol. The Morgan fingerprint density at radius 1 is 1.22 bits per heavy atom. The standard InChI is InChI=1S/C16H17F2NO4/c17-9-1-2-12(13(18)7-9)16(3-5-23-6-4-16)19-14(20)10-8-11(10)15(21)22/h1-2,7,10-11H,3-6,8H2,(H,19,20)(H,21,22)/t10-,11+/m1/s1. The highest BCUT2D eigenvalue weighted by molar-refractivity contribution is 5.90. The first-order valence-electron chi connectivity index (χ1n) is 7.51. The zero-order valence-corrected chi connectivity index (χ0v) is 12.4. The van der Waals surface area contributed by atoms with E-state index in [4.69, 9.17) is 9.84 Å². The van der Waals surface area contributed by atoms with Gasteiger partial charge in [-0.15, -0.1) is 0 Å². The molecule has 1 aliphatic carbocycles. The monoisotopic (exact) mass is 325 g/mol. The molecule has 2 aliphatic rings. The minimum atomic E-state index is -1.00. The molecule has 2 atom stereocenters. The van der Waals surface area contributed by atoms with Gasteiger partial charge in [-0.1, -0.05) is 6.07 Å². The Balaban J connectivity index is 1.85. The van der Waals surface area contributed by atoms with Crippen molar-refractivity contribution in [2.75, 3.05) is 13.2 Å². The second kappa shape index (κ2) is 5.88. The van der Waals surface area contributed by atoms with E-state index in [1.807, 2.05) is 0 Å². The fourth-order valence-corrected chi connectivity index (χ4v) is 3.15. The lowest BCUT2D eigenvalue weighted by molar-refractivity contribution is -0.140. The number of carbonyl (C=O) groups is 2. The molecule has 5 nitrogen and oxygen atoms in total. The summed E-state index contributed by atoms with van der Waals surface area (Å²) in [5.41, 5.74) is -0.776. The highest BCUT2D eigenvalue weighted by atomic mass is 19.1. The van der Waals surface area contributed by atoms with Crippen molar-refractivity contribution in [1.82, 2.24) is 5.32 Å². The third-order valence-corrected chi connectivity index (χ3v) is 4.60. The van der Waals surface area contributed by atoms with E-state index in [9.17, 15) is 18.4 Å². The molecule has 1 saturated heterocycles. The zero-order chi connectivity index (χ0) is 16.6. The normalized spacial score (nSPS) is 25.7. The Morgan fingerprint density at radius 3 is 2.48 bits per heavy atom. The van der Waals surface area contributed by atoms with Crippen LogP contribution in [-0.2, 0) is 19.9 Å². The van der Waals surface area contributed by atoms with Gasteiger partial charge in [0.25, 0.3) is 0 Å². The van der Waals surface area contributed by atoms with Crippen LogP contribution >= 0.6 is 0 Å². The average Bonchev–Trinajstić information content (AvgIpc) is 3.28. The van der Waals surface area contributed by atoms with Crippen molar-refractivity contribution in [3.8, 4) is 0 Å². The van der Waals surface area contributed by atoms with Crippen molar-refractivity contribution in [3.63, 3.8) is 0 Å². The molecule has 0 aromatic heterocycles. The first-order chi connectivity index (χ1) is 10.9. The molecule has 1 amide bonds. The number of rotatable bonds is 4. The van der Waals surface area contributed by atoms with Crippen molar-refractivity contribution in [1.29, 1.82) is 0 Å². The van der Waals surface area contributed by atoms with Gasteiger partial charge in [-0.2, -0.15) is 0 Å². The largest absolute Gasteiger partial charge is 0.481 e. The van der Waals surface area contributed by atoms with E-state index in [0.29, 0.717) is 32.5 Å². The predicted molar refractivity (Wildman–Crippen MR) is 75.5 cm³/mol. The van der Waals surface area contributed by atoms with Gasteiger partial charge in [-0.25, -0.2) is 8.78 Å². The average molecular weight is 325 g/mol. The summed E-state index contributed by atoms with van der Waals surface area (Å²) in [6.07, 6.45) is 0.997. The first-order valence-corrected chi connectivity index (χ1v) is 7.51. The van der Waals surface area contributed by atoms with Crippen LogP contribution in [-0.4, -0.2) is 30.2 Å². The van der Waals surface area contributed by atoms with Gasteiger partial charge in [-0.3, -0.25) is 9.59 Å². The Kier molecular flexibility index (Phi) is 4.06. The third-order valence-electron chi connectivity index (χ3n) is 4.60. The highest BCUT2D eigenvalue weighted by Gasteiger charge is 2.50. The van der Waals surface area contributed by atoms with E-state index < -0.39 is 40.9 Å². The van der Waals surface area contributed by atoms with Gasteiger partial charge in [0.05, 0.1) is 17.4 Å². The molecule has 1 aromatic carbocycles. The molecule has 1 heterocycles. The number of hydrogen-bond donors (Lipinski definition) is 2. The number of aliphatic carboxylic acids is 1. The molecule has 23 heavy (non-hydrogen) atoms. The molecule has 124 valence electrons. The molecule has 2 fully saturated rings. The second-order valence-electron chi connectivity index (χ2n) is 6.09. The van der Waals surface area contributed by atoms with Crippen LogP contribution in [0.1, 0.15) is 24.8 Å². The molecule has 1 saturated carbocycles. The second-order valence-corrected chi connectivity index (χ2v) is 6.09. The first kappa shape index (κ1) is 15.9. The summed E-state index contributed by atoms with van der Waals surface area (Å²) in [6, 6.07) is 3.27. The lowest BCUT2D eigenvalue weighted by Gasteiger charge is -2.38.